The van der Waals surface area contributed by atoms with Gasteiger partial charge in [0.25, 0.3) is 0 Å². The molecule has 0 spiro atoms. The van der Waals surface area contributed by atoms with E-state index in [9.17, 15) is 22.4 Å². The fourth-order valence-corrected chi connectivity index (χ4v) is 4.49. The second-order valence-corrected chi connectivity index (χ2v) is 7.35. The summed E-state index contributed by atoms with van der Waals surface area (Å²) >= 11 is 0. The molecule has 148 valence electrons. The molecule has 0 unspecified atom stereocenters. The zero-order valence-electron chi connectivity index (χ0n) is 14.7. The fourth-order valence-electron chi connectivity index (χ4n) is 4.49. The zero-order valence-corrected chi connectivity index (χ0v) is 14.7. The highest BCUT2D eigenvalue weighted by Crippen LogP contribution is 2.49. The van der Waals surface area contributed by atoms with Crippen LogP contribution in [0.3, 0.4) is 0 Å². The molecule has 0 radical (unpaired) electrons. The highest BCUT2D eigenvalue weighted by atomic mass is 19.4. The maximum atomic E-state index is 13.5. The van der Waals surface area contributed by atoms with Gasteiger partial charge < -0.3 is 10.0 Å². The van der Waals surface area contributed by atoms with Crippen LogP contribution < -0.4 is 4.90 Å². The number of fused-ring (bicyclic) bond motifs is 1. The van der Waals surface area contributed by atoms with Crippen molar-refractivity contribution in [3.8, 4) is 0 Å². The molecule has 0 bridgehead atoms. The van der Waals surface area contributed by atoms with Crippen molar-refractivity contribution >= 4 is 11.9 Å². The number of rotatable bonds is 3. The van der Waals surface area contributed by atoms with Gasteiger partial charge in [0.05, 0.1) is 11.8 Å². The van der Waals surface area contributed by atoms with Crippen molar-refractivity contribution in [2.75, 3.05) is 18.0 Å². The molecule has 0 amide bonds. The van der Waals surface area contributed by atoms with Gasteiger partial charge in [-0.05, 0) is 42.2 Å². The van der Waals surface area contributed by atoms with E-state index in [4.69, 9.17) is 5.11 Å². The summed E-state index contributed by atoms with van der Waals surface area (Å²) in [6.07, 6.45) is -2.32. The minimum atomic E-state index is -4.38. The van der Waals surface area contributed by atoms with Gasteiger partial charge in [0.15, 0.2) is 11.5 Å². The first-order valence-corrected chi connectivity index (χ1v) is 8.91. The summed E-state index contributed by atoms with van der Waals surface area (Å²) < 4.78 is 53.4. The Kier molecular flexibility index (Phi) is 4.47. The average molecular weight is 395 g/mol. The van der Waals surface area contributed by atoms with Crippen LogP contribution in [0.15, 0.2) is 30.5 Å². The van der Waals surface area contributed by atoms with E-state index >= 15 is 0 Å². The SMILES string of the molecule is O=C(O)c1nc(N2C[C@H]3C[C@@H](c4ccccc4C(F)(F)F)C[C@H]3C2)ncc1F. The second-order valence-electron chi connectivity index (χ2n) is 7.35. The second kappa shape index (κ2) is 6.72. The molecular formula is C19H17F4N3O2. The molecule has 2 aliphatic rings. The standard InChI is InChI=1S/C19H17F4N3O2/c20-15-7-24-18(25-16(15)17(27)28)26-8-11-5-10(6-12(11)9-26)13-3-1-2-4-14(13)19(21,22)23/h1-4,7,10-12H,5-6,8-9H2,(H,27,28)/t10-,11-,12+. The topological polar surface area (TPSA) is 66.3 Å². The van der Waals surface area contributed by atoms with Gasteiger partial charge in [0.1, 0.15) is 0 Å². The van der Waals surface area contributed by atoms with Crippen LogP contribution in [0.4, 0.5) is 23.5 Å². The third-order valence-corrected chi connectivity index (χ3v) is 5.67. The van der Waals surface area contributed by atoms with Gasteiger partial charge >= 0.3 is 12.1 Å². The van der Waals surface area contributed by atoms with Crippen molar-refractivity contribution in [3.63, 3.8) is 0 Å². The van der Waals surface area contributed by atoms with Gasteiger partial charge in [0, 0.05) is 13.1 Å². The van der Waals surface area contributed by atoms with Crippen LogP contribution in [0.2, 0.25) is 0 Å². The molecule has 1 saturated heterocycles. The van der Waals surface area contributed by atoms with Crippen molar-refractivity contribution in [2.45, 2.75) is 24.9 Å². The van der Waals surface area contributed by atoms with Crippen LogP contribution in [-0.2, 0) is 6.18 Å². The van der Waals surface area contributed by atoms with E-state index in [2.05, 4.69) is 9.97 Å². The van der Waals surface area contributed by atoms with Crippen LogP contribution in [0.5, 0.6) is 0 Å². The first-order valence-electron chi connectivity index (χ1n) is 8.91. The predicted octanol–water partition coefficient (Wildman–Crippen LogP) is 3.96. The number of carboxylic acids is 1. The number of hydrogen-bond donors (Lipinski definition) is 1. The quantitative estimate of drug-likeness (QED) is 0.797. The molecular weight excluding hydrogens is 378 g/mol. The van der Waals surface area contributed by atoms with E-state index in [0.717, 1.165) is 12.3 Å². The average Bonchev–Trinajstić information content (AvgIpc) is 3.20. The van der Waals surface area contributed by atoms with Crippen LogP contribution in [0.1, 0.15) is 40.4 Å². The lowest BCUT2D eigenvalue weighted by molar-refractivity contribution is -0.138. The summed E-state index contributed by atoms with van der Waals surface area (Å²) in [5.41, 5.74) is -0.925. The minimum Gasteiger partial charge on any atom is -0.476 e. The number of carbonyl (C=O) groups is 1. The molecule has 1 aliphatic carbocycles. The van der Waals surface area contributed by atoms with Gasteiger partial charge in [0.2, 0.25) is 5.95 Å². The van der Waals surface area contributed by atoms with Crippen molar-refractivity contribution < 1.29 is 27.5 Å². The van der Waals surface area contributed by atoms with Crippen LogP contribution in [0.25, 0.3) is 0 Å². The minimum absolute atomic E-state index is 0.139. The first-order chi connectivity index (χ1) is 13.2. The molecule has 2 heterocycles. The van der Waals surface area contributed by atoms with Gasteiger partial charge in [-0.15, -0.1) is 0 Å². The van der Waals surface area contributed by atoms with Gasteiger partial charge in [-0.1, -0.05) is 18.2 Å². The van der Waals surface area contributed by atoms with Gasteiger partial charge in [-0.25, -0.2) is 19.2 Å². The molecule has 4 rings (SSSR count). The van der Waals surface area contributed by atoms with Crippen molar-refractivity contribution in [1.29, 1.82) is 0 Å². The summed E-state index contributed by atoms with van der Waals surface area (Å²) in [6, 6.07) is 5.70. The largest absolute Gasteiger partial charge is 0.476 e. The highest BCUT2D eigenvalue weighted by molar-refractivity contribution is 5.85. The Labute approximate surface area is 158 Å². The summed E-state index contributed by atoms with van der Waals surface area (Å²) in [4.78, 5) is 20.5. The van der Waals surface area contributed by atoms with E-state index in [0.29, 0.717) is 31.5 Å². The lowest BCUT2D eigenvalue weighted by Gasteiger charge is -2.21. The number of carboxylic acid groups (broad SMARTS) is 1. The van der Waals surface area contributed by atoms with Crippen LogP contribution in [-0.4, -0.2) is 34.1 Å². The number of nitrogens with zero attached hydrogens (tertiary/aromatic N) is 3. The van der Waals surface area contributed by atoms with Crippen LogP contribution in [0, 0.1) is 17.7 Å². The van der Waals surface area contributed by atoms with Crippen molar-refractivity contribution in [2.24, 2.45) is 11.8 Å². The van der Waals surface area contributed by atoms with Crippen molar-refractivity contribution in [1.82, 2.24) is 9.97 Å². The Bertz CT molecular complexity index is 904. The molecule has 3 atom stereocenters. The molecule has 1 N–H and O–H groups in total. The smallest absolute Gasteiger partial charge is 0.416 e. The summed E-state index contributed by atoms with van der Waals surface area (Å²) in [6.45, 7) is 1.03. The summed E-state index contributed by atoms with van der Waals surface area (Å²) in [5.74, 6) is -2.18. The highest BCUT2D eigenvalue weighted by Gasteiger charge is 2.44. The lowest BCUT2D eigenvalue weighted by atomic mass is 9.91. The molecule has 1 aliphatic heterocycles. The van der Waals surface area contributed by atoms with E-state index in [1.165, 1.54) is 6.07 Å². The Morgan fingerprint density at radius 3 is 2.39 bits per heavy atom. The molecule has 1 aromatic heterocycles. The molecule has 9 heteroatoms. The first kappa shape index (κ1) is 18.6. The van der Waals surface area contributed by atoms with E-state index < -0.39 is 29.2 Å². The molecule has 2 fully saturated rings. The number of hydrogen-bond acceptors (Lipinski definition) is 4. The van der Waals surface area contributed by atoms with E-state index in [-0.39, 0.29) is 23.7 Å². The Morgan fingerprint density at radius 1 is 1.14 bits per heavy atom. The number of aromatic carboxylic acids is 1. The normalized spacial score (nSPS) is 24.4. The Hall–Kier alpha value is -2.71. The molecule has 28 heavy (non-hydrogen) atoms. The number of aromatic nitrogens is 2. The lowest BCUT2D eigenvalue weighted by Crippen LogP contribution is -2.25. The van der Waals surface area contributed by atoms with Crippen molar-refractivity contribution in [3.05, 3.63) is 53.1 Å². The molecule has 2 aromatic rings. The molecule has 1 aromatic carbocycles. The third-order valence-electron chi connectivity index (χ3n) is 5.67. The van der Waals surface area contributed by atoms with Gasteiger partial charge in [-0.3, -0.25) is 0 Å². The monoisotopic (exact) mass is 395 g/mol. The Morgan fingerprint density at radius 2 is 1.79 bits per heavy atom. The number of anilines is 1. The van der Waals surface area contributed by atoms with E-state index in [1.54, 1.807) is 17.0 Å². The van der Waals surface area contributed by atoms with E-state index in [1.807, 2.05) is 0 Å². The summed E-state index contributed by atoms with van der Waals surface area (Å²) in [7, 11) is 0. The maximum Gasteiger partial charge on any atom is 0.416 e. The fraction of sp³-hybridized carbons (Fsp3) is 0.421. The number of benzene rings is 1. The number of alkyl halides is 3. The zero-order chi connectivity index (χ0) is 20.1. The predicted molar refractivity (Wildman–Crippen MR) is 91.6 cm³/mol. The maximum absolute atomic E-state index is 13.5. The molecule has 1 saturated carbocycles. The molecule has 5 nitrogen and oxygen atoms in total. The van der Waals surface area contributed by atoms with Crippen LogP contribution >= 0.6 is 0 Å². The summed E-state index contributed by atoms with van der Waals surface area (Å²) in [5, 5.41) is 9.01. The Balaban J connectivity index is 1.51. The number of halogens is 4. The van der Waals surface area contributed by atoms with Gasteiger partial charge in [-0.2, -0.15) is 13.2 Å². The third kappa shape index (κ3) is 3.29.